The zero-order chi connectivity index (χ0) is 17.9. The Morgan fingerprint density at radius 2 is 1.88 bits per heavy atom. The monoisotopic (exact) mass is 571 g/mol. The van der Waals surface area contributed by atoms with E-state index in [1.165, 1.54) is 14.0 Å². The van der Waals surface area contributed by atoms with Crippen molar-refractivity contribution in [2.24, 2.45) is 0 Å². The molecule has 0 fully saturated rings. The molecule has 24 heavy (non-hydrogen) atoms. The van der Waals surface area contributed by atoms with Crippen LogP contribution in [-0.4, -0.2) is 19.0 Å². The number of carbonyl (C=O) groups excluding carboxylic acids is 2. The molecule has 0 heterocycles. The van der Waals surface area contributed by atoms with Gasteiger partial charge in [-0.3, -0.25) is 9.59 Å². The van der Waals surface area contributed by atoms with E-state index in [0.717, 1.165) is 3.57 Å². The van der Waals surface area contributed by atoms with Gasteiger partial charge in [-0.15, -0.1) is 0 Å². The Morgan fingerprint density at radius 3 is 2.50 bits per heavy atom. The number of ether oxygens (including phenoxy) is 2. The van der Waals surface area contributed by atoms with Crippen LogP contribution in [0.15, 0.2) is 30.3 Å². The van der Waals surface area contributed by atoms with Gasteiger partial charge in [0.2, 0.25) is 0 Å². The molecule has 0 aliphatic heterocycles. The third-order valence-electron chi connectivity index (χ3n) is 2.92. The van der Waals surface area contributed by atoms with Crippen molar-refractivity contribution < 1.29 is 19.1 Å². The quantitative estimate of drug-likeness (QED) is 0.328. The molecule has 126 valence electrons. The summed E-state index contributed by atoms with van der Waals surface area (Å²) >= 11 is 10.2. The van der Waals surface area contributed by atoms with Crippen LogP contribution < -0.4 is 14.8 Å². The maximum absolute atomic E-state index is 12.7. The van der Waals surface area contributed by atoms with Gasteiger partial charge in [0.15, 0.2) is 5.75 Å². The maximum atomic E-state index is 12.7. The number of hydrogen-bond acceptors (Lipinski definition) is 4. The number of rotatable bonds is 4. The third-order valence-corrected chi connectivity index (χ3v) is 4.67. The fourth-order valence-electron chi connectivity index (χ4n) is 1.89. The van der Waals surface area contributed by atoms with Gasteiger partial charge in [0.1, 0.15) is 5.75 Å². The van der Waals surface area contributed by atoms with Crippen LogP contribution in [0.4, 0.5) is 5.69 Å². The van der Waals surface area contributed by atoms with Crippen LogP contribution in [0.25, 0.3) is 0 Å². The number of esters is 1. The van der Waals surface area contributed by atoms with Crippen molar-refractivity contribution in [2.45, 2.75) is 6.92 Å². The number of benzene rings is 2. The molecule has 0 aromatic heterocycles. The number of carbonyl (C=O) groups is 2. The molecule has 0 bridgehead atoms. The lowest BCUT2D eigenvalue weighted by molar-refractivity contribution is -0.131. The molecule has 0 saturated heterocycles. The van der Waals surface area contributed by atoms with E-state index in [1.807, 2.05) is 28.7 Å². The molecule has 8 heteroatoms. The van der Waals surface area contributed by atoms with Crippen molar-refractivity contribution in [3.63, 3.8) is 0 Å². The van der Waals surface area contributed by atoms with Crippen LogP contribution in [0.1, 0.15) is 17.3 Å². The summed E-state index contributed by atoms with van der Waals surface area (Å²) < 4.78 is 11.8. The summed E-state index contributed by atoms with van der Waals surface area (Å²) in [6.07, 6.45) is 0. The molecule has 0 saturated carbocycles. The van der Waals surface area contributed by atoms with Crippen molar-refractivity contribution in [2.75, 3.05) is 12.4 Å². The first-order valence-electron chi connectivity index (χ1n) is 6.64. The second-order valence-corrected chi connectivity index (χ2v) is 7.47. The van der Waals surface area contributed by atoms with E-state index in [9.17, 15) is 9.59 Å². The summed E-state index contributed by atoms with van der Waals surface area (Å²) in [4.78, 5) is 24.0. The Morgan fingerprint density at radius 1 is 1.17 bits per heavy atom. The molecule has 5 nitrogen and oxygen atoms in total. The second-order valence-electron chi connectivity index (χ2n) is 4.66. The van der Waals surface area contributed by atoms with Gasteiger partial charge in [-0.05, 0) is 69.4 Å². The summed E-state index contributed by atoms with van der Waals surface area (Å²) in [6.45, 7) is 1.29. The summed E-state index contributed by atoms with van der Waals surface area (Å²) in [6, 6.07) is 8.39. The first-order valence-corrected chi connectivity index (χ1v) is 9.17. The summed E-state index contributed by atoms with van der Waals surface area (Å²) in [7, 11) is 1.52. The highest BCUT2D eigenvalue weighted by molar-refractivity contribution is 14.1. The van der Waals surface area contributed by atoms with E-state index < -0.39 is 11.9 Å². The number of hydrogen-bond donors (Lipinski definition) is 1. The number of nitrogens with one attached hydrogen (secondary N) is 1. The topological polar surface area (TPSA) is 64.6 Å². The standard InChI is InChI=1S/C16H12ClI2NO4/c1-8(21)24-15-11(5-9(18)6-13(15)19)16(22)20-14-7-10(23-2)3-4-12(14)17/h3-7H,1-2H3,(H,20,22). The summed E-state index contributed by atoms with van der Waals surface area (Å²) in [5.41, 5.74) is 0.657. The highest BCUT2D eigenvalue weighted by Crippen LogP contribution is 2.31. The fourth-order valence-corrected chi connectivity index (χ4v) is 4.01. The van der Waals surface area contributed by atoms with Gasteiger partial charge >= 0.3 is 5.97 Å². The Kier molecular flexibility index (Phi) is 6.70. The average molecular weight is 572 g/mol. The predicted molar refractivity (Wildman–Crippen MR) is 109 cm³/mol. The van der Waals surface area contributed by atoms with Gasteiger partial charge in [-0.2, -0.15) is 0 Å². The van der Waals surface area contributed by atoms with Crippen molar-refractivity contribution in [3.8, 4) is 11.5 Å². The van der Waals surface area contributed by atoms with E-state index in [4.69, 9.17) is 21.1 Å². The molecule has 2 rings (SSSR count). The maximum Gasteiger partial charge on any atom is 0.308 e. The lowest BCUT2D eigenvalue weighted by Gasteiger charge is -2.13. The highest BCUT2D eigenvalue weighted by Gasteiger charge is 2.19. The fraction of sp³-hybridized carbons (Fsp3) is 0.125. The first-order chi connectivity index (χ1) is 11.3. The molecule has 2 aromatic rings. The average Bonchev–Trinajstić information content (AvgIpc) is 2.51. The van der Waals surface area contributed by atoms with Crippen molar-refractivity contribution >= 4 is 74.3 Å². The number of anilines is 1. The zero-order valence-electron chi connectivity index (χ0n) is 12.7. The molecule has 2 aromatic carbocycles. The number of halogens is 3. The van der Waals surface area contributed by atoms with Crippen molar-refractivity contribution in [3.05, 3.63) is 48.1 Å². The Balaban J connectivity index is 2.41. The van der Waals surface area contributed by atoms with E-state index >= 15 is 0 Å². The van der Waals surface area contributed by atoms with Crippen LogP contribution in [-0.2, 0) is 4.79 Å². The first kappa shape index (κ1) is 19.3. The zero-order valence-corrected chi connectivity index (χ0v) is 17.7. The molecular formula is C16H12ClI2NO4. The lowest BCUT2D eigenvalue weighted by atomic mass is 10.1. The van der Waals surface area contributed by atoms with E-state index in [0.29, 0.717) is 20.0 Å². The smallest absolute Gasteiger partial charge is 0.308 e. The summed E-state index contributed by atoms with van der Waals surface area (Å²) in [5, 5.41) is 3.09. The lowest BCUT2D eigenvalue weighted by Crippen LogP contribution is -2.16. The van der Waals surface area contributed by atoms with Crippen LogP contribution in [0, 0.1) is 7.14 Å². The molecule has 0 spiro atoms. The van der Waals surface area contributed by atoms with Crippen LogP contribution in [0.5, 0.6) is 11.5 Å². The van der Waals surface area contributed by atoms with Crippen molar-refractivity contribution in [1.29, 1.82) is 0 Å². The van der Waals surface area contributed by atoms with Crippen LogP contribution >= 0.6 is 56.8 Å². The summed E-state index contributed by atoms with van der Waals surface area (Å²) in [5.74, 6) is -0.146. The molecular weight excluding hydrogens is 559 g/mol. The predicted octanol–water partition coefficient (Wildman–Crippen LogP) is 4.74. The largest absolute Gasteiger partial charge is 0.497 e. The molecule has 1 amide bonds. The Bertz CT molecular complexity index is 811. The van der Waals surface area contributed by atoms with Gasteiger partial charge in [0.25, 0.3) is 5.91 Å². The van der Waals surface area contributed by atoms with Gasteiger partial charge in [0, 0.05) is 16.6 Å². The molecule has 0 radical (unpaired) electrons. The molecule has 0 unspecified atom stereocenters. The van der Waals surface area contributed by atoms with Gasteiger partial charge in [-0.25, -0.2) is 0 Å². The SMILES string of the molecule is COc1ccc(Cl)c(NC(=O)c2cc(I)cc(I)c2OC(C)=O)c1. The normalized spacial score (nSPS) is 10.2. The van der Waals surface area contributed by atoms with Crippen LogP contribution in [0.3, 0.4) is 0 Å². The minimum Gasteiger partial charge on any atom is -0.497 e. The van der Waals surface area contributed by atoms with Crippen molar-refractivity contribution in [1.82, 2.24) is 0 Å². The highest BCUT2D eigenvalue weighted by atomic mass is 127. The molecule has 0 aliphatic carbocycles. The van der Waals surface area contributed by atoms with E-state index in [1.54, 1.807) is 24.3 Å². The van der Waals surface area contributed by atoms with E-state index in [2.05, 4.69) is 27.9 Å². The Labute approximate surface area is 171 Å². The Hall–Kier alpha value is -1.07. The van der Waals surface area contributed by atoms with Gasteiger partial charge in [0.05, 0.1) is 27.0 Å². The van der Waals surface area contributed by atoms with Gasteiger partial charge in [-0.1, -0.05) is 11.6 Å². The van der Waals surface area contributed by atoms with Crippen LogP contribution in [0.2, 0.25) is 5.02 Å². The van der Waals surface area contributed by atoms with Gasteiger partial charge < -0.3 is 14.8 Å². The second kappa shape index (κ2) is 8.34. The molecule has 0 aliphatic rings. The molecule has 1 N–H and O–H groups in total. The minimum absolute atomic E-state index is 0.222. The minimum atomic E-state index is -0.498. The number of amides is 1. The van der Waals surface area contributed by atoms with E-state index in [-0.39, 0.29) is 11.3 Å². The third kappa shape index (κ3) is 4.73. The molecule has 0 atom stereocenters. The number of methoxy groups -OCH3 is 1.